The van der Waals surface area contributed by atoms with Crippen LogP contribution in [0.25, 0.3) is 11.4 Å². The fraction of sp³-hybridized carbons (Fsp3) is 0.417. The van der Waals surface area contributed by atoms with Crippen molar-refractivity contribution in [3.63, 3.8) is 0 Å². The number of aromatic nitrogens is 3. The third-order valence-corrected chi connectivity index (χ3v) is 5.74. The van der Waals surface area contributed by atoms with Gasteiger partial charge in [0.05, 0.1) is 24.7 Å². The molecule has 32 heavy (non-hydrogen) atoms. The molecule has 2 aromatic rings. The van der Waals surface area contributed by atoms with Gasteiger partial charge in [0.1, 0.15) is 17.3 Å². The van der Waals surface area contributed by atoms with Gasteiger partial charge in [-0.05, 0) is 88.4 Å². The first-order chi connectivity index (χ1) is 15.3. The maximum Gasteiger partial charge on any atom is 0.131 e. The van der Waals surface area contributed by atoms with Gasteiger partial charge in [-0.1, -0.05) is 5.21 Å². The second-order valence-corrected chi connectivity index (χ2v) is 8.32. The summed E-state index contributed by atoms with van der Waals surface area (Å²) in [6.07, 6.45) is 7.29. The number of halogens is 1. The Kier molecular flexibility index (Phi) is 7.69. The number of ether oxygens (including phenoxy) is 1. The highest BCUT2D eigenvalue weighted by Crippen LogP contribution is 2.29. The van der Waals surface area contributed by atoms with Crippen molar-refractivity contribution >= 4 is 5.70 Å². The molecule has 0 atom stereocenters. The lowest BCUT2D eigenvalue weighted by Gasteiger charge is -2.27. The number of nitrogens with two attached hydrogens (primary N) is 1. The average Bonchev–Trinajstić information content (AvgIpc) is 3.26. The van der Waals surface area contributed by atoms with E-state index in [2.05, 4.69) is 20.9 Å². The van der Waals surface area contributed by atoms with Crippen molar-refractivity contribution in [1.29, 1.82) is 0 Å². The lowest BCUT2D eigenvalue weighted by atomic mass is 9.88. The van der Waals surface area contributed by atoms with Gasteiger partial charge in [-0.25, -0.2) is 9.07 Å². The highest BCUT2D eigenvalue weighted by molar-refractivity contribution is 5.61. The molecule has 1 aliphatic heterocycles. The van der Waals surface area contributed by atoms with E-state index in [4.69, 9.17) is 10.5 Å². The summed E-state index contributed by atoms with van der Waals surface area (Å²) >= 11 is 0. The van der Waals surface area contributed by atoms with E-state index in [9.17, 15) is 4.39 Å². The van der Waals surface area contributed by atoms with Crippen molar-refractivity contribution in [2.24, 2.45) is 11.7 Å². The van der Waals surface area contributed by atoms with E-state index in [1.807, 2.05) is 27.0 Å². The van der Waals surface area contributed by atoms with E-state index in [0.29, 0.717) is 22.9 Å². The minimum atomic E-state index is -0.236. The van der Waals surface area contributed by atoms with Gasteiger partial charge in [-0.15, -0.1) is 5.10 Å². The Morgan fingerprint density at radius 2 is 1.97 bits per heavy atom. The molecule has 3 rings (SSSR count). The minimum absolute atomic E-state index is 0.236. The van der Waals surface area contributed by atoms with Crippen LogP contribution in [0.3, 0.4) is 0 Å². The molecule has 4 N–H and O–H groups in total. The predicted octanol–water partition coefficient (Wildman–Crippen LogP) is 3.69. The zero-order valence-corrected chi connectivity index (χ0v) is 19.5. The van der Waals surface area contributed by atoms with E-state index in [1.165, 1.54) is 12.3 Å². The maximum atomic E-state index is 13.8. The van der Waals surface area contributed by atoms with Gasteiger partial charge in [0.2, 0.25) is 0 Å². The summed E-state index contributed by atoms with van der Waals surface area (Å²) in [4.78, 5) is 0. The number of hydrogen-bond acceptors (Lipinski definition) is 6. The van der Waals surface area contributed by atoms with Crippen LogP contribution in [0.4, 0.5) is 4.39 Å². The molecule has 0 radical (unpaired) electrons. The number of piperidine rings is 1. The van der Waals surface area contributed by atoms with Gasteiger partial charge in [-0.3, -0.25) is 0 Å². The van der Waals surface area contributed by atoms with Gasteiger partial charge >= 0.3 is 0 Å². The molecule has 0 amide bonds. The summed E-state index contributed by atoms with van der Waals surface area (Å²) in [5, 5.41) is 15.2. The summed E-state index contributed by atoms with van der Waals surface area (Å²) in [7, 11) is 1.70. The van der Waals surface area contributed by atoms with Crippen molar-refractivity contribution < 1.29 is 9.13 Å². The van der Waals surface area contributed by atoms with Crippen molar-refractivity contribution in [1.82, 2.24) is 25.6 Å². The Bertz CT molecular complexity index is 1040. The summed E-state index contributed by atoms with van der Waals surface area (Å²) in [5.74, 6) is 1.04. The topological polar surface area (TPSA) is 90.0 Å². The Labute approximate surface area is 189 Å². The molecular formula is C24H33FN6O. The molecule has 1 aliphatic rings. The number of nitrogens with one attached hydrogen (secondary N) is 2. The van der Waals surface area contributed by atoms with Gasteiger partial charge in [0, 0.05) is 18.0 Å². The van der Waals surface area contributed by atoms with Crippen LogP contribution in [0.5, 0.6) is 0 Å². The van der Waals surface area contributed by atoms with E-state index in [0.717, 1.165) is 54.1 Å². The summed E-state index contributed by atoms with van der Waals surface area (Å²) < 4.78 is 21.2. The first-order valence-corrected chi connectivity index (χ1v) is 10.9. The number of aryl methyl sites for hydroxylation is 2. The van der Waals surface area contributed by atoms with Crippen LogP contribution in [0.15, 0.2) is 47.6 Å². The van der Waals surface area contributed by atoms with E-state index in [-0.39, 0.29) is 5.82 Å². The first-order valence-electron chi connectivity index (χ1n) is 10.9. The first kappa shape index (κ1) is 23.5. The van der Waals surface area contributed by atoms with Crippen molar-refractivity contribution in [3.05, 3.63) is 70.3 Å². The van der Waals surface area contributed by atoms with Crippen molar-refractivity contribution in [2.75, 3.05) is 20.2 Å². The number of rotatable bonds is 7. The summed E-state index contributed by atoms with van der Waals surface area (Å²) in [6.45, 7) is 9.62. The van der Waals surface area contributed by atoms with Gasteiger partial charge in [0.25, 0.3) is 0 Å². The van der Waals surface area contributed by atoms with Crippen molar-refractivity contribution in [2.45, 2.75) is 40.5 Å². The number of benzene rings is 1. The Hall–Kier alpha value is -3.13. The van der Waals surface area contributed by atoms with Crippen LogP contribution in [0.1, 0.15) is 43.5 Å². The number of hydrogen-bond donors (Lipinski definition) is 3. The van der Waals surface area contributed by atoms with Crippen LogP contribution in [-0.4, -0.2) is 35.2 Å². The molecular weight excluding hydrogens is 407 g/mol. The molecule has 0 saturated carbocycles. The van der Waals surface area contributed by atoms with Gasteiger partial charge < -0.3 is 21.1 Å². The number of methoxy groups -OCH3 is 1. The highest BCUT2D eigenvalue weighted by Gasteiger charge is 2.22. The normalized spacial score (nSPS) is 15.6. The SMILES string of the molecule is COC(=C(C)C)/C(=C\N/C(=C\N)c1cn(-c2cc(C)c(F)cc2C)nn1)C1CCNCC1. The van der Waals surface area contributed by atoms with Crippen LogP contribution in [0.2, 0.25) is 0 Å². The van der Waals surface area contributed by atoms with Crippen molar-refractivity contribution in [3.8, 4) is 5.69 Å². The zero-order chi connectivity index (χ0) is 23.3. The molecule has 1 saturated heterocycles. The third kappa shape index (κ3) is 5.19. The van der Waals surface area contributed by atoms with E-state index < -0.39 is 0 Å². The molecule has 0 aliphatic carbocycles. The highest BCUT2D eigenvalue weighted by atomic mass is 19.1. The summed E-state index contributed by atoms with van der Waals surface area (Å²) in [5.41, 5.74) is 11.5. The summed E-state index contributed by atoms with van der Waals surface area (Å²) in [6, 6.07) is 3.26. The fourth-order valence-electron chi connectivity index (χ4n) is 3.99. The van der Waals surface area contributed by atoms with E-state index in [1.54, 1.807) is 31.0 Å². The molecule has 2 heterocycles. The smallest absolute Gasteiger partial charge is 0.131 e. The lowest BCUT2D eigenvalue weighted by Crippen LogP contribution is -2.29. The van der Waals surface area contributed by atoms with Crippen LogP contribution >= 0.6 is 0 Å². The predicted molar refractivity (Wildman–Crippen MR) is 125 cm³/mol. The molecule has 0 unspecified atom stereocenters. The monoisotopic (exact) mass is 440 g/mol. The molecule has 0 bridgehead atoms. The molecule has 172 valence electrons. The molecule has 1 aromatic heterocycles. The zero-order valence-electron chi connectivity index (χ0n) is 19.5. The molecule has 8 heteroatoms. The van der Waals surface area contributed by atoms with Gasteiger partial charge in [0.15, 0.2) is 0 Å². The van der Waals surface area contributed by atoms with Crippen LogP contribution in [-0.2, 0) is 4.74 Å². The quantitative estimate of drug-likeness (QED) is 0.449. The Balaban J connectivity index is 1.89. The molecule has 1 aromatic carbocycles. The Morgan fingerprint density at radius 1 is 1.25 bits per heavy atom. The second kappa shape index (κ2) is 10.5. The van der Waals surface area contributed by atoms with Gasteiger partial charge in [-0.2, -0.15) is 0 Å². The maximum absolute atomic E-state index is 13.8. The fourth-order valence-corrected chi connectivity index (χ4v) is 3.99. The third-order valence-electron chi connectivity index (χ3n) is 5.74. The number of allylic oxidation sites excluding steroid dienone is 2. The molecule has 7 nitrogen and oxygen atoms in total. The second-order valence-electron chi connectivity index (χ2n) is 8.32. The van der Waals surface area contributed by atoms with Crippen LogP contribution < -0.4 is 16.4 Å². The largest absolute Gasteiger partial charge is 0.496 e. The number of nitrogens with zero attached hydrogens (tertiary/aromatic N) is 3. The molecule has 0 spiro atoms. The average molecular weight is 441 g/mol. The lowest BCUT2D eigenvalue weighted by molar-refractivity contribution is 0.279. The molecule has 1 fully saturated rings. The minimum Gasteiger partial charge on any atom is -0.496 e. The standard InChI is InChI=1S/C24H33FN6O/c1-15(2)24(32-5)19(18-6-8-27-9-7-18)13-28-21(12-26)22-14-31(30-29-22)23-11-16(3)20(25)10-17(23)4/h10-14,18,27-28H,6-9,26H2,1-5H3/b19-13-,21-12-. The van der Waals surface area contributed by atoms with Crippen LogP contribution in [0, 0.1) is 25.6 Å². The van der Waals surface area contributed by atoms with E-state index >= 15 is 0 Å². The Morgan fingerprint density at radius 3 is 2.59 bits per heavy atom.